The van der Waals surface area contributed by atoms with E-state index in [0.717, 1.165) is 37.6 Å². The Hall–Kier alpha value is -1.79. The number of amides is 1. The smallest absolute Gasteiger partial charge is 0.227 e. The topological polar surface area (TPSA) is 51.2 Å². The molecule has 0 aliphatic carbocycles. The molecule has 0 spiro atoms. The van der Waals surface area contributed by atoms with Gasteiger partial charge < -0.3 is 24.0 Å². The average Bonchev–Trinajstić information content (AvgIpc) is 2.85. The molecule has 0 unspecified atom stereocenters. The van der Waals surface area contributed by atoms with Crippen LogP contribution in [0.15, 0.2) is 18.2 Å². The van der Waals surface area contributed by atoms with Crippen LogP contribution in [-0.4, -0.2) is 75.9 Å². The molecular weight excluding hydrogens is 308 g/mol. The Morgan fingerprint density at radius 2 is 2.04 bits per heavy atom. The average molecular weight is 334 g/mol. The lowest BCUT2D eigenvalue weighted by Crippen LogP contribution is -2.46. The SMILES string of the molecule is COc1ccc(CC(=O)N2C[C@H]3COC[C@@H]2CN(C)C3)c(OC)c1. The molecule has 2 bridgehead atoms. The van der Waals surface area contributed by atoms with Crippen LogP contribution in [0.2, 0.25) is 0 Å². The van der Waals surface area contributed by atoms with Gasteiger partial charge in [-0.1, -0.05) is 6.07 Å². The Labute approximate surface area is 143 Å². The lowest BCUT2D eigenvalue weighted by Gasteiger charge is -2.30. The fraction of sp³-hybridized carbons (Fsp3) is 0.611. The summed E-state index contributed by atoms with van der Waals surface area (Å²) in [4.78, 5) is 17.3. The zero-order chi connectivity index (χ0) is 17.1. The van der Waals surface area contributed by atoms with Gasteiger partial charge in [-0.25, -0.2) is 0 Å². The summed E-state index contributed by atoms with van der Waals surface area (Å²) in [6.07, 6.45) is 0.333. The summed E-state index contributed by atoms with van der Waals surface area (Å²) in [5.74, 6) is 1.93. The van der Waals surface area contributed by atoms with E-state index in [1.165, 1.54) is 0 Å². The zero-order valence-corrected chi connectivity index (χ0v) is 14.7. The molecule has 1 amide bonds. The molecule has 2 aliphatic rings. The number of hydrogen-bond donors (Lipinski definition) is 0. The highest BCUT2D eigenvalue weighted by Crippen LogP contribution is 2.26. The predicted octanol–water partition coefficient (Wildman–Crippen LogP) is 1.04. The second kappa shape index (κ2) is 7.40. The summed E-state index contributed by atoms with van der Waals surface area (Å²) < 4.78 is 16.4. The third kappa shape index (κ3) is 3.65. The Balaban J connectivity index is 1.77. The van der Waals surface area contributed by atoms with Crippen LogP contribution in [0.1, 0.15) is 5.56 Å². The third-order valence-corrected chi connectivity index (χ3v) is 4.81. The standard InChI is InChI=1S/C18H26N2O4/c1-19-8-13-9-20(15(10-19)12-24-11-13)18(21)6-14-4-5-16(22-2)7-17(14)23-3/h4-5,7,13,15H,6,8-12H2,1-3H3/t13-,15-/m0/s1. The van der Waals surface area contributed by atoms with E-state index < -0.39 is 0 Å². The van der Waals surface area contributed by atoms with Crippen molar-refractivity contribution in [3.05, 3.63) is 23.8 Å². The lowest BCUT2D eigenvalue weighted by molar-refractivity contribution is -0.133. The second-order valence-electron chi connectivity index (χ2n) is 6.68. The summed E-state index contributed by atoms with van der Waals surface area (Å²) in [6, 6.07) is 5.71. The van der Waals surface area contributed by atoms with Gasteiger partial charge >= 0.3 is 0 Å². The highest BCUT2D eigenvalue weighted by molar-refractivity contribution is 5.80. The van der Waals surface area contributed by atoms with Gasteiger partial charge in [0.1, 0.15) is 11.5 Å². The van der Waals surface area contributed by atoms with Crippen molar-refractivity contribution in [2.24, 2.45) is 5.92 Å². The number of carbonyl (C=O) groups excluding carboxylic acids is 1. The molecule has 2 atom stereocenters. The van der Waals surface area contributed by atoms with Crippen LogP contribution in [-0.2, 0) is 16.0 Å². The molecule has 2 heterocycles. The van der Waals surface area contributed by atoms with Crippen LogP contribution in [0.4, 0.5) is 0 Å². The molecule has 0 N–H and O–H groups in total. The van der Waals surface area contributed by atoms with Crippen molar-refractivity contribution in [1.29, 1.82) is 0 Å². The minimum absolute atomic E-state index is 0.124. The van der Waals surface area contributed by atoms with Crippen LogP contribution in [0.5, 0.6) is 11.5 Å². The van der Waals surface area contributed by atoms with E-state index in [1.54, 1.807) is 14.2 Å². The third-order valence-electron chi connectivity index (χ3n) is 4.81. The molecule has 6 heteroatoms. The number of methoxy groups -OCH3 is 2. The summed E-state index contributed by atoms with van der Waals surface area (Å²) >= 11 is 0. The lowest BCUT2D eigenvalue weighted by atomic mass is 10.1. The highest BCUT2D eigenvalue weighted by Gasteiger charge is 2.34. The Kier molecular flexibility index (Phi) is 5.26. The minimum Gasteiger partial charge on any atom is -0.497 e. The monoisotopic (exact) mass is 334 g/mol. The molecule has 2 fully saturated rings. The largest absolute Gasteiger partial charge is 0.497 e. The zero-order valence-electron chi connectivity index (χ0n) is 14.7. The van der Waals surface area contributed by atoms with Crippen molar-refractivity contribution in [3.63, 3.8) is 0 Å². The predicted molar refractivity (Wildman–Crippen MR) is 90.6 cm³/mol. The first kappa shape index (κ1) is 17.0. The van der Waals surface area contributed by atoms with E-state index in [2.05, 4.69) is 11.9 Å². The molecule has 2 aliphatic heterocycles. The van der Waals surface area contributed by atoms with Gasteiger partial charge in [0.25, 0.3) is 0 Å². The fourth-order valence-electron chi connectivity index (χ4n) is 3.65. The summed E-state index contributed by atoms with van der Waals surface area (Å²) in [7, 11) is 5.35. The van der Waals surface area contributed by atoms with Crippen molar-refractivity contribution in [1.82, 2.24) is 9.80 Å². The molecule has 2 saturated heterocycles. The maximum absolute atomic E-state index is 13.0. The molecule has 24 heavy (non-hydrogen) atoms. The van der Waals surface area contributed by atoms with Gasteiger partial charge in [0.2, 0.25) is 5.91 Å². The Bertz CT molecular complexity index is 592. The quantitative estimate of drug-likeness (QED) is 0.823. The van der Waals surface area contributed by atoms with Crippen molar-refractivity contribution < 1.29 is 19.0 Å². The molecule has 6 nitrogen and oxygen atoms in total. The number of carbonyl (C=O) groups is 1. The van der Waals surface area contributed by atoms with Crippen molar-refractivity contribution in [2.75, 3.05) is 54.1 Å². The van der Waals surface area contributed by atoms with Crippen LogP contribution in [0.25, 0.3) is 0 Å². The molecule has 0 aromatic heterocycles. The van der Waals surface area contributed by atoms with Crippen LogP contribution in [0.3, 0.4) is 0 Å². The Morgan fingerprint density at radius 1 is 1.21 bits per heavy atom. The number of rotatable bonds is 4. The van der Waals surface area contributed by atoms with Crippen LogP contribution >= 0.6 is 0 Å². The Morgan fingerprint density at radius 3 is 2.79 bits per heavy atom. The number of likely N-dealkylation sites (N-methyl/N-ethyl adjacent to an activating group) is 1. The molecule has 3 rings (SSSR count). The van der Waals surface area contributed by atoms with Crippen molar-refractivity contribution in [2.45, 2.75) is 12.5 Å². The van der Waals surface area contributed by atoms with Gasteiger partial charge in [0, 0.05) is 37.2 Å². The van der Waals surface area contributed by atoms with Gasteiger partial charge in [-0.2, -0.15) is 0 Å². The number of hydrogen-bond acceptors (Lipinski definition) is 5. The summed E-state index contributed by atoms with van der Waals surface area (Å²) in [5, 5.41) is 0. The maximum atomic E-state index is 13.0. The van der Waals surface area contributed by atoms with E-state index >= 15 is 0 Å². The van der Waals surface area contributed by atoms with Gasteiger partial charge in [-0.15, -0.1) is 0 Å². The van der Waals surface area contributed by atoms with Crippen LogP contribution in [0, 0.1) is 5.92 Å². The van der Waals surface area contributed by atoms with E-state index in [4.69, 9.17) is 14.2 Å². The maximum Gasteiger partial charge on any atom is 0.227 e. The first-order valence-electron chi connectivity index (χ1n) is 8.37. The van der Waals surface area contributed by atoms with E-state index in [1.807, 2.05) is 23.1 Å². The first-order valence-corrected chi connectivity index (χ1v) is 8.37. The second-order valence-corrected chi connectivity index (χ2v) is 6.68. The molecular formula is C18H26N2O4. The molecule has 0 saturated carbocycles. The molecule has 1 aromatic carbocycles. The molecule has 0 radical (unpaired) electrons. The molecule has 1 aromatic rings. The number of nitrogens with zero attached hydrogens (tertiary/aromatic N) is 2. The van der Waals surface area contributed by atoms with Crippen LogP contribution < -0.4 is 9.47 Å². The van der Waals surface area contributed by atoms with E-state index in [9.17, 15) is 4.79 Å². The van der Waals surface area contributed by atoms with E-state index in [-0.39, 0.29) is 11.9 Å². The number of benzene rings is 1. The summed E-state index contributed by atoms with van der Waals surface area (Å²) in [6.45, 7) is 3.96. The van der Waals surface area contributed by atoms with Gasteiger partial charge in [-0.05, 0) is 13.1 Å². The molecule has 132 valence electrons. The van der Waals surface area contributed by atoms with Crippen molar-refractivity contribution >= 4 is 5.91 Å². The normalized spacial score (nSPS) is 24.4. The van der Waals surface area contributed by atoms with E-state index in [0.29, 0.717) is 24.7 Å². The number of fused-ring (bicyclic) bond motifs is 3. The number of ether oxygens (including phenoxy) is 3. The van der Waals surface area contributed by atoms with Gasteiger partial charge in [-0.3, -0.25) is 4.79 Å². The minimum atomic E-state index is 0.124. The summed E-state index contributed by atoms with van der Waals surface area (Å²) in [5.41, 5.74) is 0.886. The highest BCUT2D eigenvalue weighted by atomic mass is 16.5. The van der Waals surface area contributed by atoms with Gasteiger partial charge in [0.05, 0.1) is 39.9 Å². The van der Waals surface area contributed by atoms with Crippen molar-refractivity contribution in [3.8, 4) is 11.5 Å². The first-order chi connectivity index (χ1) is 11.6. The van der Waals surface area contributed by atoms with Gasteiger partial charge in [0.15, 0.2) is 0 Å². The fourth-order valence-corrected chi connectivity index (χ4v) is 3.65.